The average Bonchev–Trinajstić information content (AvgIpc) is 3.55. The van der Waals surface area contributed by atoms with Crippen LogP contribution in [0, 0.1) is 0 Å². The molecule has 164 valence electrons. The average molecular weight is 463 g/mol. The molecule has 0 bridgehead atoms. The molecule has 11 heteroatoms. The van der Waals surface area contributed by atoms with Gasteiger partial charge in [-0.3, -0.25) is 4.79 Å². The molecule has 0 fully saturated rings. The van der Waals surface area contributed by atoms with Crippen molar-refractivity contribution in [1.82, 2.24) is 25.6 Å². The van der Waals surface area contributed by atoms with Gasteiger partial charge in [-0.05, 0) is 41.6 Å². The van der Waals surface area contributed by atoms with Crippen molar-refractivity contribution >= 4 is 29.7 Å². The summed E-state index contributed by atoms with van der Waals surface area (Å²) in [5.41, 5.74) is 5.20. The third-order valence-corrected chi connectivity index (χ3v) is 5.16. The van der Waals surface area contributed by atoms with Crippen molar-refractivity contribution in [2.75, 3.05) is 0 Å². The quantitative estimate of drug-likeness (QED) is 0.265. The van der Waals surface area contributed by atoms with Crippen LogP contribution in [0.25, 0.3) is 22.7 Å². The second kappa shape index (κ2) is 8.67. The molecule has 0 atom stereocenters. The molecule has 0 aliphatic carbocycles. The van der Waals surface area contributed by atoms with Gasteiger partial charge in [0, 0.05) is 16.7 Å². The van der Waals surface area contributed by atoms with Crippen molar-refractivity contribution in [1.29, 1.82) is 0 Å². The first kappa shape index (κ1) is 20.6. The SMILES string of the molecule is O=C(Cn1nnc(-c2ccccc2Cl)n1)N/N=C\c1ccc(-c2ccc3c(c2)COC3=O)o1. The molecule has 1 amide bonds. The molecule has 3 heterocycles. The molecule has 0 spiro atoms. The fourth-order valence-electron chi connectivity index (χ4n) is 3.26. The molecule has 0 unspecified atom stereocenters. The second-order valence-corrected chi connectivity index (χ2v) is 7.47. The maximum atomic E-state index is 12.1. The molecule has 0 saturated carbocycles. The summed E-state index contributed by atoms with van der Waals surface area (Å²) in [5.74, 6) is 0.606. The number of carbonyl (C=O) groups is 2. The Hall–Kier alpha value is -4.31. The van der Waals surface area contributed by atoms with E-state index in [0.717, 1.165) is 15.9 Å². The highest BCUT2D eigenvalue weighted by Crippen LogP contribution is 2.28. The zero-order chi connectivity index (χ0) is 22.8. The van der Waals surface area contributed by atoms with E-state index in [1.54, 1.807) is 42.5 Å². The Balaban J connectivity index is 1.19. The maximum absolute atomic E-state index is 12.1. The first-order chi connectivity index (χ1) is 16.1. The Morgan fingerprint density at radius 1 is 1.18 bits per heavy atom. The Morgan fingerprint density at radius 2 is 2.06 bits per heavy atom. The number of hydrogen-bond donors (Lipinski definition) is 1. The number of nitrogens with one attached hydrogen (secondary N) is 1. The van der Waals surface area contributed by atoms with Gasteiger partial charge in [0.1, 0.15) is 24.7 Å². The summed E-state index contributed by atoms with van der Waals surface area (Å²) in [7, 11) is 0. The number of halogens is 1. The Labute approximate surface area is 191 Å². The summed E-state index contributed by atoms with van der Waals surface area (Å²) >= 11 is 6.13. The van der Waals surface area contributed by atoms with Gasteiger partial charge >= 0.3 is 5.97 Å². The normalized spacial score (nSPS) is 12.7. The smallest absolute Gasteiger partial charge is 0.338 e. The van der Waals surface area contributed by atoms with Crippen LogP contribution in [0.4, 0.5) is 0 Å². The third kappa shape index (κ3) is 4.37. The molecule has 2 aromatic heterocycles. The molecule has 2 aromatic carbocycles. The summed E-state index contributed by atoms with van der Waals surface area (Å²) in [6, 6.07) is 15.9. The van der Waals surface area contributed by atoms with Crippen LogP contribution in [0.5, 0.6) is 0 Å². The second-order valence-electron chi connectivity index (χ2n) is 7.07. The lowest BCUT2D eigenvalue weighted by Crippen LogP contribution is -2.24. The van der Waals surface area contributed by atoms with Crippen LogP contribution in [-0.4, -0.2) is 38.3 Å². The molecule has 1 N–H and O–H groups in total. The van der Waals surface area contributed by atoms with E-state index in [2.05, 4.69) is 25.9 Å². The van der Waals surface area contributed by atoms with E-state index in [4.69, 9.17) is 20.8 Å². The highest BCUT2D eigenvalue weighted by Gasteiger charge is 2.21. The van der Waals surface area contributed by atoms with Gasteiger partial charge in [-0.15, -0.1) is 10.2 Å². The highest BCUT2D eigenvalue weighted by molar-refractivity contribution is 6.33. The molecule has 0 radical (unpaired) electrons. The molecule has 1 aliphatic heterocycles. The van der Waals surface area contributed by atoms with Crippen LogP contribution < -0.4 is 5.43 Å². The Kier molecular flexibility index (Phi) is 5.41. The minimum Gasteiger partial charge on any atom is -0.457 e. The lowest BCUT2D eigenvalue weighted by molar-refractivity contribution is -0.122. The van der Waals surface area contributed by atoms with Crippen LogP contribution in [0.3, 0.4) is 0 Å². The van der Waals surface area contributed by atoms with Gasteiger partial charge in [0.05, 0.1) is 16.8 Å². The topological polar surface area (TPSA) is 125 Å². The summed E-state index contributed by atoms with van der Waals surface area (Å²) in [6.07, 6.45) is 1.38. The number of rotatable bonds is 6. The van der Waals surface area contributed by atoms with Crippen molar-refractivity contribution in [2.45, 2.75) is 13.2 Å². The minimum absolute atomic E-state index is 0.173. The summed E-state index contributed by atoms with van der Waals surface area (Å²) in [5, 5.41) is 16.3. The van der Waals surface area contributed by atoms with Crippen molar-refractivity contribution in [3.8, 4) is 22.7 Å². The van der Waals surface area contributed by atoms with Gasteiger partial charge in [0.25, 0.3) is 5.91 Å². The number of furan rings is 1. The molecule has 5 rings (SSSR count). The summed E-state index contributed by atoms with van der Waals surface area (Å²) in [6.45, 7) is 0.0810. The molecular formula is C22H15ClN6O4. The van der Waals surface area contributed by atoms with Crippen LogP contribution >= 0.6 is 11.6 Å². The number of fused-ring (bicyclic) bond motifs is 1. The van der Waals surface area contributed by atoms with E-state index in [1.807, 2.05) is 12.1 Å². The fourth-order valence-corrected chi connectivity index (χ4v) is 3.48. The zero-order valence-electron chi connectivity index (χ0n) is 16.9. The predicted molar refractivity (Wildman–Crippen MR) is 117 cm³/mol. The number of esters is 1. The van der Waals surface area contributed by atoms with E-state index >= 15 is 0 Å². The van der Waals surface area contributed by atoms with Gasteiger partial charge in [0.15, 0.2) is 0 Å². The maximum Gasteiger partial charge on any atom is 0.338 e. The molecule has 33 heavy (non-hydrogen) atoms. The van der Waals surface area contributed by atoms with Crippen LogP contribution in [0.1, 0.15) is 21.7 Å². The largest absolute Gasteiger partial charge is 0.457 e. The van der Waals surface area contributed by atoms with Gasteiger partial charge in [0.2, 0.25) is 5.82 Å². The molecule has 1 aliphatic rings. The predicted octanol–water partition coefficient (Wildman–Crippen LogP) is 3.07. The van der Waals surface area contributed by atoms with E-state index in [1.165, 1.54) is 6.21 Å². The number of ether oxygens (including phenoxy) is 1. The zero-order valence-corrected chi connectivity index (χ0v) is 17.7. The first-order valence-corrected chi connectivity index (χ1v) is 10.2. The highest BCUT2D eigenvalue weighted by atomic mass is 35.5. The van der Waals surface area contributed by atoms with E-state index in [0.29, 0.717) is 33.5 Å². The number of carbonyl (C=O) groups excluding carboxylic acids is 2. The number of benzene rings is 2. The molecule has 4 aromatic rings. The first-order valence-electron chi connectivity index (χ1n) is 9.82. The van der Waals surface area contributed by atoms with Gasteiger partial charge < -0.3 is 9.15 Å². The standard InChI is InChI=1S/C22H15ClN6O4/c23-18-4-2-1-3-17(18)21-26-28-29(27-21)11-20(30)25-24-10-15-6-8-19(33-15)13-5-7-16-14(9-13)12-32-22(16)31/h1-10H,11-12H2,(H,25,30)/b24-10-. The molecule has 10 nitrogen and oxygen atoms in total. The lowest BCUT2D eigenvalue weighted by Gasteiger charge is -1.99. The van der Waals surface area contributed by atoms with E-state index in [-0.39, 0.29) is 19.1 Å². The number of hydrogen-bond acceptors (Lipinski definition) is 8. The van der Waals surface area contributed by atoms with Crippen molar-refractivity contribution in [3.63, 3.8) is 0 Å². The van der Waals surface area contributed by atoms with Crippen LogP contribution in [0.2, 0.25) is 5.02 Å². The van der Waals surface area contributed by atoms with Gasteiger partial charge in [-0.1, -0.05) is 29.8 Å². The third-order valence-electron chi connectivity index (χ3n) is 4.83. The minimum atomic E-state index is -0.440. The molecular weight excluding hydrogens is 448 g/mol. The Bertz CT molecular complexity index is 1390. The Morgan fingerprint density at radius 3 is 2.94 bits per heavy atom. The summed E-state index contributed by atoms with van der Waals surface area (Å²) < 4.78 is 10.8. The van der Waals surface area contributed by atoms with Gasteiger partial charge in [-0.25, -0.2) is 10.2 Å². The van der Waals surface area contributed by atoms with E-state index < -0.39 is 5.91 Å². The van der Waals surface area contributed by atoms with Crippen LogP contribution in [-0.2, 0) is 22.7 Å². The number of aromatic nitrogens is 4. The number of cyclic esters (lactones) is 1. The molecule has 0 saturated heterocycles. The lowest BCUT2D eigenvalue weighted by atomic mass is 10.0. The number of tetrazole rings is 1. The van der Waals surface area contributed by atoms with Crippen LogP contribution in [0.15, 0.2) is 64.1 Å². The summed E-state index contributed by atoms with van der Waals surface area (Å²) in [4.78, 5) is 24.8. The number of amides is 1. The van der Waals surface area contributed by atoms with Crippen molar-refractivity contribution < 1.29 is 18.7 Å². The van der Waals surface area contributed by atoms with Crippen molar-refractivity contribution in [3.05, 3.63) is 76.5 Å². The number of hydrazone groups is 1. The number of nitrogens with zero attached hydrogens (tertiary/aromatic N) is 5. The fraction of sp³-hybridized carbons (Fsp3) is 0.0909. The van der Waals surface area contributed by atoms with Crippen molar-refractivity contribution in [2.24, 2.45) is 5.10 Å². The van der Waals surface area contributed by atoms with Gasteiger partial charge in [-0.2, -0.15) is 9.90 Å². The monoisotopic (exact) mass is 462 g/mol. The van der Waals surface area contributed by atoms with E-state index in [9.17, 15) is 9.59 Å².